The van der Waals surface area contributed by atoms with E-state index >= 15 is 0 Å². The van der Waals surface area contributed by atoms with Crippen LogP contribution < -0.4 is 15.5 Å². The predicted octanol–water partition coefficient (Wildman–Crippen LogP) is 1.29. The number of aliphatic hydroxyl groups excluding tert-OH is 1. The standard InChI is InChI=1S/C16H20F2N4O4.C3H6S/c17-12-5-10(22-8-11(7-19)26-16(22)25)6-13(18)15(12)21-3-1-20(2-4-21)14(24)9-23;1-3(2)4/h5-6,11,23H,1-4,7-9,19H2;1-2H3/t11-;/m0./s1. The summed E-state index contributed by atoms with van der Waals surface area (Å²) >= 11 is 4.54. The van der Waals surface area contributed by atoms with Crippen molar-refractivity contribution in [1.82, 2.24) is 4.90 Å². The summed E-state index contributed by atoms with van der Waals surface area (Å²) < 4.78 is 34.1. The second kappa shape index (κ2) is 10.6. The van der Waals surface area contributed by atoms with E-state index in [1.54, 1.807) is 0 Å². The topological polar surface area (TPSA) is 99.3 Å². The lowest BCUT2D eigenvalue weighted by molar-refractivity contribution is -0.134. The predicted molar refractivity (Wildman–Crippen MR) is 113 cm³/mol. The van der Waals surface area contributed by atoms with E-state index in [0.29, 0.717) is 0 Å². The number of carbonyl (C=O) groups excluding carboxylic acids is 2. The summed E-state index contributed by atoms with van der Waals surface area (Å²) in [5.41, 5.74) is 5.33. The highest BCUT2D eigenvalue weighted by atomic mass is 32.1. The Bertz CT molecular complexity index is 776. The Balaban J connectivity index is 0.000000735. The molecule has 0 bridgehead atoms. The van der Waals surface area contributed by atoms with E-state index < -0.39 is 36.3 Å². The zero-order valence-electron chi connectivity index (χ0n) is 16.9. The van der Waals surface area contributed by atoms with Gasteiger partial charge in [-0.25, -0.2) is 13.6 Å². The van der Waals surface area contributed by atoms with Gasteiger partial charge in [-0.1, -0.05) is 12.2 Å². The summed E-state index contributed by atoms with van der Waals surface area (Å²) in [4.78, 5) is 28.4. The molecule has 0 unspecified atom stereocenters. The highest BCUT2D eigenvalue weighted by molar-refractivity contribution is 7.80. The molecular weight excluding hydrogens is 418 g/mol. The lowest BCUT2D eigenvalue weighted by Gasteiger charge is -2.36. The van der Waals surface area contributed by atoms with Crippen molar-refractivity contribution in [3.63, 3.8) is 0 Å². The van der Waals surface area contributed by atoms with Crippen molar-refractivity contribution in [1.29, 1.82) is 0 Å². The van der Waals surface area contributed by atoms with Gasteiger partial charge in [0.05, 0.1) is 12.2 Å². The number of carbonyl (C=O) groups is 2. The number of nitrogens with zero attached hydrogens (tertiary/aromatic N) is 3. The number of nitrogens with two attached hydrogens (primary N) is 1. The fraction of sp³-hybridized carbons (Fsp3) is 0.526. The third-order valence-corrected chi connectivity index (χ3v) is 4.53. The summed E-state index contributed by atoms with van der Waals surface area (Å²) in [7, 11) is 0. The Morgan fingerprint density at radius 3 is 2.20 bits per heavy atom. The molecule has 0 aromatic heterocycles. The number of benzene rings is 1. The van der Waals surface area contributed by atoms with E-state index in [2.05, 4.69) is 12.2 Å². The van der Waals surface area contributed by atoms with Gasteiger partial charge in [-0.15, -0.1) is 0 Å². The van der Waals surface area contributed by atoms with Crippen molar-refractivity contribution >= 4 is 40.5 Å². The van der Waals surface area contributed by atoms with Crippen LogP contribution in [0.2, 0.25) is 0 Å². The van der Waals surface area contributed by atoms with E-state index in [9.17, 15) is 18.4 Å². The highest BCUT2D eigenvalue weighted by Gasteiger charge is 2.33. The first-order valence-corrected chi connectivity index (χ1v) is 9.86. The van der Waals surface area contributed by atoms with E-state index in [1.165, 1.54) is 9.80 Å². The molecule has 2 saturated heterocycles. The average molecular weight is 445 g/mol. The third kappa shape index (κ3) is 5.83. The Hall–Kier alpha value is -2.37. The van der Waals surface area contributed by atoms with Crippen molar-refractivity contribution in [3.8, 4) is 0 Å². The maximum absolute atomic E-state index is 14.6. The maximum atomic E-state index is 14.6. The number of hydrogen-bond acceptors (Lipinski definition) is 7. The molecule has 1 atom stereocenters. The van der Waals surface area contributed by atoms with Gasteiger partial charge >= 0.3 is 6.09 Å². The van der Waals surface area contributed by atoms with Crippen LogP contribution in [0.25, 0.3) is 0 Å². The van der Waals surface area contributed by atoms with Gasteiger partial charge in [0.25, 0.3) is 0 Å². The van der Waals surface area contributed by atoms with Crippen molar-refractivity contribution in [2.75, 3.05) is 55.7 Å². The van der Waals surface area contributed by atoms with Gasteiger partial charge in [0.1, 0.15) is 18.4 Å². The van der Waals surface area contributed by atoms with Crippen LogP contribution in [0.3, 0.4) is 0 Å². The summed E-state index contributed by atoms with van der Waals surface area (Å²) in [6.45, 7) is 4.46. The van der Waals surface area contributed by atoms with Crippen LogP contribution in [0.15, 0.2) is 12.1 Å². The van der Waals surface area contributed by atoms with Gasteiger partial charge < -0.3 is 25.4 Å². The normalized spacial score (nSPS) is 18.7. The molecule has 1 aromatic carbocycles. The van der Waals surface area contributed by atoms with Crippen molar-refractivity contribution in [2.24, 2.45) is 5.73 Å². The van der Waals surface area contributed by atoms with Gasteiger partial charge in [0, 0.05) is 44.9 Å². The molecule has 0 spiro atoms. The van der Waals surface area contributed by atoms with Crippen LogP contribution in [0.4, 0.5) is 25.0 Å². The fourth-order valence-corrected chi connectivity index (χ4v) is 3.14. The van der Waals surface area contributed by atoms with E-state index in [1.807, 2.05) is 13.8 Å². The quantitative estimate of drug-likeness (QED) is 0.675. The van der Waals surface area contributed by atoms with Gasteiger partial charge in [-0.2, -0.15) is 0 Å². The van der Waals surface area contributed by atoms with Crippen LogP contribution in [0.1, 0.15) is 13.8 Å². The number of cyclic esters (lactones) is 1. The van der Waals surface area contributed by atoms with Crippen LogP contribution in [-0.4, -0.2) is 78.9 Å². The van der Waals surface area contributed by atoms with Crippen LogP contribution in [0, 0.1) is 11.6 Å². The first-order valence-electron chi connectivity index (χ1n) is 9.45. The molecule has 2 aliphatic rings. The van der Waals surface area contributed by atoms with Gasteiger partial charge in [-0.3, -0.25) is 9.69 Å². The molecular formula is C19H26F2N4O4S. The van der Waals surface area contributed by atoms with Crippen molar-refractivity contribution in [2.45, 2.75) is 20.0 Å². The number of piperazine rings is 1. The first-order chi connectivity index (χ1) is 14.2. The molecule has 3 rings (SSSR count). The summed E-state index contributed by atoms with van der Waals surface area (Å²) in [5, 5.41) is 8.88. The molecule has 8 nitrogen and oxygen atoms in total. The molecule has 2 heterocycles. The summed E-state index contributed by atoms with van der Waals surface area (Å²) in [6.07, 6.45) is -1.20. The van der Waals surface area contributed by atoms with Gasteiger partial charge in [0.15, 0.2) is 11.6 Å². The molecule has 2 fully saturated rings. The molecule has 166 valence electrons. The van der Waals surface area contributed by atoms with E-state index in [0.717, 1.165) is 21.9 Å². The molecule has 30 heavy (non-hydrogen) atoms. The molecule has 0 radical (unpaired) electrons. The van der Waals surface area contributed by atoms with E-state index in [-0.39, 0.29) is 50.6 Å². The number of thiocarbonyl (C=S) groups is 1. The second-order valence-corrected chi connectivity index (χ2v) is 7.86. The minimum atomic E-state index is -0.800. The number of hydrogen-bond donors (Lipinski definition) is 2. The Morgan fingerprint density at radius 2 is 1.77 bits per heavy atom. The summed E-state index contributed by atoms with van der Waals surface area (Å²) in [5.74, 6) is -2.01. The number of amides is 2. The zero-order valence-corrected chi connectivity index (χ0v) is 17.8. The minimum Gasteiger partial charge on any atom is -0.443 e. The number of aliphatic hydroxyl groups is 1. The minimum absolute atomic E-state index is 0.0683. The van der Waals surface area contributed by atoms with Crippen molar-refractivity contribution < 1.29 is 28.2 Å². The molecule has 2 amide bonds. The Labute approximate surface area is 179 Å². The smallest absolute Gasteiger partial charge is 0.414 e. The SMILES string of the molecule is CC(C)=S.NC[C@H]1CN(c2cc(F)c(N3CCN(C(=O)CO)CC3)c(F)c2)C(=O)O1. The Morgan fingerprint density at radius 1 is 1.23 bits per heavy atom. The lowest BCUT2D eigenvalue weighted by Crippen LogP contribution is -2.50. The monoisotopic (exact) mass is 444 g/mol. The maximum Gasteiger partial charge on any atom is 0.414 e. The number of rotatable bonds is 4. The molecule has 2 aliphatic heterocycles. The van der Waals surface area contributed by atoms with Crippen LogP contribution in [-0.2, 0) is 9.53 Å². The van der Waals surface area contributed by atoms with Crippen LogP contribution >= 0.6 is 12.2 Å². The highest BCUT2D eigenvalue weighted by Crippen LogP contribution is 2.31. The summed E-state index contributed by atoms with van der Waals surface area (Å²) in [6, 6.07) is 2.17. The molecule has 0 saturated carbocycles. The number of ether oxygens (including phenoxy) is 1. The second-order valence-electron chi connectivity index (χ2n) is 7.04. The average Bonchev–Trinajstić information content (AvgIpc) is 3.08. The lowest BCUT2D eigenvalue weighted by atomic mass is 10.2. The number of halogens is 2. The van der Waals surface area contributed by atoms with Crippen LogP contribution in [0.5, 0.6) is 0 Å². The van der Waals surface area contributed by atoms with E-state index in [4.69, 9.17) is 15.6 Å². The van der Waals surface area contributed by atoms with Crippen molar-refractivity contribution in [3.05, 3.63) is 23.8 Å². The Kier molecular flexibility index (Phi) is 8.44. The van der Waals surface area contributed by atoms with Gasteiger partial charge in [-0.05, 0) is 18.7 Å². The number of anilines is 2. The largest absolute Gasteiger partial charge is 0.443 e. The van der Waals surface area contributed by atoms with Gasteiger partial charge in [0.2, 0.25) is 5.91 Å². The zero-order chi connectivity index (χ0) is 22.4. The molecule has 1 aromatic rings. The fourth-order valence-electron chi connectivity index (χ4n) is 3.14. The molecule has 3 N–H and O–H groups in total. The first kappa shape index (κ1) is 23.9. The molecule has 0 aliphatic carbocycles. The molecule has 11 heteroatoms. The third-order valence-electron chi connectivity index (χ3n) is 4.53.